The number of carbonyl (C=O) groups is 2. The van der Waals surface area contributed by atoms with Crippen LogP contribution in [0, 0.1) is 5.41 Å². The lowest BCUT2D eigenvalue weighted by Crippen LogP contribution is -2.53. The van der Waals surface area contributed by atoms with Crippen LogP contribution < -0.4 is 11.1 Å². The molecule has 0 radical (unpaired) electrons. The number of carbonyl (C=O) groups excluding carboxylic acids is 2. The van der Waals surface area contributed by atoms with Gasteiger partial charge < -0.3 is 11.1 Å². The van der Waals surface area contributed by atoms with Crippen LogP contribution in [0.25, 0.3) is 0 Å². The van der Waals surface area contributed by atoms with Crippen LogP contribution in [0.4, 0.5) is 0 Å². The van der Waals surface area contributed by atoms with Crippen molar-refractivity contribution >= 4 is 11.8 Å². The van der Waals surface area contributed by atoms with Crippen molar-refractivity contribution in [2.75, 3.05) is 7.05 Å². The maximum Gasteiger partial charge on any atom is 0.235 e. The maximum absolute atomic E-state index is 11.1. The Bertz CT molecular complexity index is 197. The molecule has 1 rings (SSSR count). The SMILES string of the molecule is CNC(=O)C1(C(N)=O)CCC1. The molecule has 3 N–H and O–H groups in total. The maximum atomic E-state index is 11.1. The molecule has 0 saturated heterocycles. The second-order valence-corrected chi connectivity index (χ2v) is 2.88. The van der Waals surface area contributed by atoms with Crippen LogP contribution in [-0.4, -0.2) is 18.9 Å². The first-order chi connectivity index (χ1) is 5.13. The van der Waals surface area contributed by atoms with Gasteiger partial charge in [-0.15, -0.1) is 0 Å². The molecule has 11 heavy (non-hydrogen) atoms. The van der Waals surface area contributed by atoms with Crippen molar-refractivity contribution in [3.05, 3.63) is 0 Å². The highest BCUT2D eigenvalue weighted by Gasteiger charge is 2.48. The molecule has 0 bridgehead atoms. The summed E-state index contributed by atoms with van der Waals surface area (Å²) in [4.78, 5) is 22.0. The standard InChI is InChI=1S/C7H12N2O2/c1-9-6(11)7(5(8)10)3-2-4-7/h2-4H2,1H3,(H2,8,10)(H,9,11). The third-order valence-corrected chi connectivity index (χ3v) is 2.34. The van der Waals surface area contributed by atoms with E-state index < -0.39 is 11.3 Å². The summed E-state index contributed by atoms with van der Waals surface area (Å²) in [6.45, 7) is 0. The lowest BCUT2D eigenvalue weighted by molar-refractivity contribution is -0.147. The summed E-state index contributed by atoms with van der Waals surface area (Å²) in [6.07, 6.45) is 2.11. The number of nitrogens with two attached hydrogens (primary N) is 1. The van der Waals surface area contributed by atoms with Crippen LogP contribution in [0.15, 0.2) is 0 Å². The third-order valence-electron chi connectivity index (χ3n) is 2.34. The number of hydrogen-bond acceptors (Lipinski definition) is 2. The van der Waals surface area contributed by atoms with Gasteiger partial charge in [0, 0.05) is 7.05 Å². The molecule has 0 atom stereocenters. The van der Waals surface area contributed by atoms with Gasteiger partial charge in [0.2, 0.25) is 11.8 Å². The molecule has 0 unspecified atom stereocenters. The lowest BCUT2D eigenvalue weighted by Gasteiger charge is -2.36. The largest absolute Gasteiger partial charge is 0.369 e. The molecule has 1 aliphatic rings. The fraction of sp³-hybridized carbons (Fsp3) is 0.714. The molecule has 0 spiro atoms. The molecule has 1 fully saturated rings. The molecule has 1 saturated carbocycles. The first-order valence-corrected chi connectivity index (χ1v) is 3.65. The van der Waals surface area contributed by atoms with E-state index in [1.54, 1.807) is 0 Å². The molecule has 1 aliphatic carbocycles. The Morgan fingerprint density at radius 1 is 1.45 bits per heavy atom. The van der Waals surface area contributed by atoms with E-state index in [9.17, 15) is 9.59 Å². The Balaban J connectivity index is 2.75. The summed E-state index contributed by atoms with van der Waals surface area (Å²) in [7, 11) is 1.52. The molecule has 4 nitrogen and oxygen atoms in total. The minimum atomic E-state index is -0.880. The van der Waals surface area contributed by atoms with Crippen molar-refractivity contribution in [1.82, 2.24) is 5.32 Å². The van der Waals surface area contributed by atoms with Crippen molar-refractivity contribution in [1.29, 1.82) is 0 Å². The lowest BCUT2D eigenvalue weighted by atomic mass is 9.67. The van der Waals surface area contributed by atoms with Gasteiger partial charge in [-0.25, -0.2) is 0 Å². The van der Waals surface area contributed by atoms with Crippen LogP contribution in [0.3, 0.4) is 0 Å². The Labute approximate surface area is 65.1 Å². The Morgan fingerprint density at radius 3 is 2.09 bits per heavy atom. The van der Waals surface area contributed by atoms with E-state index in [1.807, 2.05) is 0 Å². The number of hydrogen-bond donors (Lipinski definition) is 2. The molecule has 0 aromatic heterocycles. The molecule has 62 valence electrons. The van der Waals surface area contributed by atoms with Gasteiger partial charge in [-0.05, 0) is 12.8 Å². The smallest absolute Gasteiger partial charge is 0.235 e. The van der Waals surface area contributed by atoms with Crippen LogP contribution in [0.5, 0.6) is 0 Å². The molecule has 0 aliphatic heterocycles. The van der Waals surface area contributed by atoms with E-state index in [1.165, 1.54) is 7.05 Å². The van der Waals surface area contributed by atoms with E-state index >= 15 is 0 Å². The minimum Gasteiger partial charge on any atom is -0.369 e. The summed E-state index contributed by atoms with van der Waals surface area (Å²) in [5.74, 6) is -0.737. The second-order valence-electron chi connectivity index (χ2n) is 2.88. The van der Waals surface area contributed by atoms with E-state index in [4.69, 9.17) is 5.73 Å². The van der Waals surface area contributed by atoms with Gasteiger partial charge in [-0.2, -0.15) is 0 Å². The van der Waals surface area contributed by atoms with Crippen LogP contribution >= 0.6 is 0 Å². The topological polar surface area (TPSA) is 72.2 Å². The third kappa shape index (κ3) is 0.982. The molecular weight excluding hydrogens is 144 g/mol. The first-order valence-electron chi connectivity index (χ1n) is 3.65. The molecule has 0 aromatic carbocycles. The van der Waals surface area contributed by atoms with Crippen LogP contribution in [0.1, 0.15) is 19.3 Å². The van der Waals surface area contributed by atoms with Gasteiger partial charge in [0.25, 0.3) is 0 Å². The zero-order valence-corrected chi connectivity index (χ0v) is 6.52. The normalized spacial score (nSPS) is 20.1. The predicted octanol–water partition coefficient (Wildman–Crippen LogP) is -0.612. The van der Waals surface area contributed by atoms with Crippen LogP contribution in [-0.2, 0) is 9.59 Å². The Morgan fingerprint density at radius 2 is 2.00 bits per heavy atom. The summed E-state index contributed by atoms with van der Waals surface area (Å²) < 4.78 is 0. The number of amides is 2. The zero-order valence-electron chi connectivity index (χ0n) is 6.52. The summed E-state index contributed by atoms with van der Waals surface area (Å²) in [5, 5.41) is 2.45. The number of nitrogens with one attached hydrogen (secondary N) is 1. The van der Waals surface area contributed by atoms with Gasteiger partial charge in [-0.3, -0.25) is 9.59 Å². The summed E-state index contributed by atoms with van der Waals surface area (Å²) >= 11 is 0. The van der Waals surface area contributed by atoms with E-state index in [2.05, 4.69) is 5.32 Å². The van der Waals surface area contributed by atoms with Crippen molar-refractivity contribution in [3.8, 4) is 0 Å². The van der Waals surface area contributed by atoms with Gasteiger partial charge in [0.1, 0.15) is 5.41 Å². The van der Waals surface area contributed by atoms with Crippen LogP contribution in [0.2, 0.25) is 0 Å². The highest BCUT2D eigenvalue weighted by atomic mass is 16.2. The summed E-state index contributed by atoms with van der Waals surface area (Å²) in [5.41, 5.74) is 4.23. The van der Waals surface area contributed by atoms with Gasteiger partial charge in [0.05, 0.1) is 0 Å². The highest BCUT2D eigenvalue weighted by Crippen LogP contribution is 2.40. The average molecular weight is 156 g/mol. The first kappa shape index (κ1) is 8.04. The monoisotopic (exact) mass is 156 g/mol. The van der Waals surface area contributed by atoms with Crippen molar-refractivity contribution in [2.45, 2.75) is 19.3 Å². The predicted molar refractivity (Wildman–Crippen MR) is 39.5 cm³/mol. The molecule has 2 amide bonds. The fourth-order valence-electron chi connectivity index (χ4n) is 1.35. The molecular formula is C7H12N2O2. The average Bonchev–Trinajstić information content (AvgIpc) is 1.84. The van der Waals surface area contributed by atoms with E-state index in [-0.39, 0.29) is 5.91 Å². The highest BCUT2D eigenvalue weighted by molar-refractivity contribution is 6.05. The van der Waals surface area contributed by atoms with Gasteiger partial charge in [0.15, 0.2) is 0 Å². The van der Waals surface area contributed by atoms with Gasteiger partial charge >= 0.3 is 0 Å². The Kier molecular flexibility index (Phi) is 1.85. The molecule has 0 heterocycles. The second kappa shape index (κ2) is 2.53. The minimum absolute atomic E-state index is 0.240. The zero-order chi connectivity index (χ0) is 8.48. The van der Waals surface area contributed by atoms with E-state index in [0.717, 1.165) is 6.42 Å². The fourth-order valence-corrected chi connectivity index (χ4v) is 1.35. The number of rotatable bonds is 2. The van der Waals surface area contributed by atoms with Crippen molar-refractivity contribution in [3.63, 3.8) is 0 Å². The van der Waals surface area contributed by atoms with Crippen molar-refractivity contribution in [2.24, 2.45) is 11.1 Å². The summed E-state index contributed by atoms with van der Waals surface area (Å²) in [6, 6.07) is 0. The van der Waals surface area contributed by atoms with Crippen molar-refractivity contribution < 1.29 is 9.59 Å². The molecule has 0 aromatic rings. The van der Waals surface area contributed by atoms with Gasteiger partial charge in [-0.1, -0.05) is 6.42 Å². The molecule has 4 heteroatoms. The number of primary amides is 1. The van der Waals surface area contributed by atoms with E-state index in [0.29, 0.717) is 12.8 Å². The quantitative estimate of drug-likeness (QED) is 0.523. The Hall–Kier alpha value is -1.06.